The summed E-state index contributed by atoms with van der Waals surface area (Å²) in [7, 11) is 0. The Bertz CT molecular complexity index is 764. The molecule has 0 aliphatic carbocycles. The first-order valence-electron chi connectivity index (χ1n) is 7.84. The van der Waals surface area contributed by atoms with Crippen LogP contribution in [0.3, 0.4) is 0 Å². The zero-order chi connectivity index (χ0) is 17.9. The lowest BCUT2D eigenvalue weighted by Crippen LogP contribution is -2.14. The van der Waals surface area contributed by atoms with Crippen LogP contribution in [-0.4, -0.2) is 23.1 Å². The van der Waals surface area contributed by atoms with Crippen molar-refractivity contribution in [2.45, 2.75) is 34.2 Å². The third-order valence-electron chi connectivity index (χ3n) is 3.88. The molecular formula is C18H21ClN2O3. The molecule has 0 saturated heterocycles. The Morgan fingerprint density at radius 2 is 1.79 bits per heavy atom. The van der Waals surface area contributed by atoms with E-state index in [4.69, 9.17) is 16.3 Å². The van der Waals surface area contributed by atoms with Crippen LogP contribution >= 0.6 is 11.6 Å². The first-order valence-corrected chi connectivity index (χ1v) is 8.22. The summed E-state index contributed by atoms with van der Waals surface area (Å²) in [4.78, 5) is 24.9. The molecular weight excluding hydrogens is 328 g/mol. The minimum absolute atomic E-state index is 0.259. The van der Waals surface area contributed by atoms with E-state index in [9.17, 15) is 9.59 Å². The van der Waals surface area contributed by atoms with E-state index >= 15 is 0 Å². The smallest absolute Gasteiger partial charge is 0.355 e. The van der Waals surface area contributed by atoms with Crippen LogP contribution in [0, 0.1) is 13.8 Å². The minimum atomic E-state index is -0.412. The van der Waals surface area contributed by atoms with Crippen LogP contribution in [0.15, 0.2) is 24.3 Å². The Labute approximate surface area is 146 Å². The van der Waals surface area contributed by atoms with Gasteiger partial charge in [-0.05, 0) is 57.5 Å². The molecule has 6 heteroatoms. The van der Waals surface area contributed by atoms with Gasteiger partial charge in [0.05, 0.1) is 12.2 Å². The van der Waals surface area contributed by atoms with Crippen molar-refractivity contribution in [1.29, 1.82) is 0 Å². The van der Waals surface area contributed by atoms with Crippen LogP contribution in [0.5, 0.6) is 0 Å². The summed E-state index contributed by atoms with van der Waals surface area (Å²) in [6.45, 7) is 8.15. The molecule has 0 spiro atoms. The largest absolute Gasteiger partial charge is 0.461 e. The normalized spacial score (nSPS) is 10.5. The van der Waals surface area contributed by atoms with Gasteiger partial charge in [-0.1, -0.05) is 11.6 Å². The Kier molecular flexibility index (Phi) is 5.67. The fourth-order valence-electron chi connectivity index (χ4n) is 2.81. The number of anilines is 1. The van der Waals surface area contributed by atoms with Crippen molar-refractivity contribution < 1.29 is 14.3 Å². The standard InChI is InChI=1S/C18H21ClN2O3/c1-5-21-12(4)15(11(3)16(21)18(23)24-6-2)17(22)20-14-9-7-13(19)8-10-14/h7-10H,5-6H2,1-4H3,(H,20,22). The number of carbonyl (C=O) groups excluding carboxylic acids is 2. The molecule has 0 aliphatic rings. The highest BCUT2D eigenvalue weighted by atomic mass is 35.5. The topological polar surface area (TPSA) is 60.3 Å². The number of halogens is 1. The molecule has 1 amide bonds. The zero-order valence-electron chi connectivity index (χ0n) is 14.3. The Morgan fingerprint density at radius 3 is 2.33 bits per heavy atom. The summed E-state index contributed by atoms with van der Waals surface area (Å²) in [5.41, 5.74) is 2.93. The highest BCUT2D eigenvalue weighted by molar-refractivity contribution is 6.30. The van der Waals surface area contributed by atoms with Gasteiger partial charge in [0.2, 0.25) is 0 Å². The summed E-state index contributed by atoms with van der Waals surface area (Å²) in [5, 5.41) is 3.44. The number of aromatic nitrogens is 1. The van der Waals surface area contributed by atoms with Crippen molar-refractivity contribution in [2.75, 3.05) is 11.9 Å². The number of hydrogen-bond donors (Lipinski definition) is 1. The molecule has 0 aliphatic heterocycles. The van der Waals surface area contributed by atoms with E-state index in [0.717, 1.165) is 5.69 Å². The maximum atomic E-state index is 12.7. The van der Waals surface area contributed by atoms with Crippen molar-refractivity contribution >= 4 is 29.2 Å². The van der Waals surface area contributed by atoms with Gasteiger partial charge in [0, 0.05) is 22.9 Å². The molecule has 128 valence electrons. The first kappa shape index (κ1) is 18.1. The van der Waals surface area contributed by atoms with Gasteiger partial charge < -0.3 is 14.6 Å². The third-order valence-corrected chi connectivity index (χ3v) is 4.13. The van der Waals surface area contributed by atoms with Crippen LogP contribution in [-0.2, 0) is 11.3 Å². The van der Waals surface area contributed by atoms with Gasteiger partial charge in [0.25, 0.3) is 5.91 Å². The number of esters is 1. The van der Waals surface area contributed by atoms with Crippen molar-refractivity contribution in [3.05, 3.63) is 51.8 Å². The van der Waals surface area contributed by atoms with E-state index in [1.54, 1.807) is 38.1 Å². The molecule has 0 atom stereocenters. The summed E-state index contributed by atoms with van der Waals surface area (Å²) in [6.07, 6.45) is 0. The average Bonchev–Trinajstić information content (AvgIpc) is 2.80. The van der Waals surface area contributed by atoms with Crippen LogP contribution in [0.25, 0.3) is 0 Å². The highest BCUT2D eigenvalue weighted by Gasteiger charge is 2.26. The van der Waals surface area contributed by atoms with Gasteiger partial charge in [-0.2, -0.15) is 0 Å². The fraction of sp³-hybridized carbons (Fsp3) is 0.333. The van der Waals surface area contributed by atoms with Crippen LogP contribution < -0.4 is 5.32 Å². The first-order chi connectivity index (χ1) is 11.4. The number of nitrogens with zero attached hydrogens (tertiary/aromatic N) is 1. The molecule has 5 nitrogen and oxygen atoms in total. The van der Waals surface area contributed by atoms with Crippen molar-refractivity contribution in [3.8, 4) is 0 Å². The number of benzene rings is 1. The number of rotatable bonds is 5. The predicted molar refractivity (Wildman–Crippen MR) is 94.9 cm³/mol. The van der Waals surface area contributed by atoms with E-state index < -0.39 is 5.97 Å². The molecule has 0 fully saturated rings. The number of carbonyl (C=O) groups is 2. The van der Waals surface area contributed by atoms with E-state index in [0.29, 0.717) is 40.7 Å². The van der Waals surface area contributed by atoms with Crippen molar-refractivity contribution in [1.82, 2.24) is 4.57 Å². The molecule has 1 aromatic heterocycles. The van der Waals surface area contributed by atoms with Gasteiger partial charge in [-0.15, -0.1) is 0 Å². The quantitative estimate of drug-likeness (QED) is 0.823. The second-order valence-electron chi connectivity index (χ2n) is 5.36. The second kappa shape index (κ2) is 7.53. The average molecular weight is 349 g/mol. The lowest BCUT2D eigenvalue weighted by Gasteiger charge is -2.08. The number of ether oxygens (including phenoxy) is 1. The molecule has 0 unspecified atom stereocenters. The van der Waals surface area contributed by atoms with Crippen LogP contribution in [0.1, 0.15) is 46.0 Å². The Morgan fingerprint density at radius 1 is 1.17 bits per heavy atom. The lowest BCUT2D eigenvalue weighted by molar-refractivity contribution is 0.0512. The van der Waals surface area contributed by atoms with E-state index in [1.165, 1.54) is 0 Å². The lowest BCUT2D eigenvalue weighted by atomic mass is 10.1. The molecule has 0 radical (unpaired) electrons. The van der Waals surface area contributed by atoms with Gasteiger partial charge in [-0.3, -0.25) is 4.79 Å². The van der Waals surface area contributed by atoms with E-state index in [-0.39, 0.29) is 5.91 Å². The number of amides is 1. The van der Waals surface area contributed by atoms with Gasteiger partial charge in [0.1, 0.15) is 5.69 Å². The maximum Gasteiger partial charge on any atom is 0.355 e. The Hall–Kier alpha value is -2.27. The third kappa shape index (κ3) is 3.46. The van der Waals surface area contributed by atoms with Crippen molar-refractivity contribution in [2.24, 2.45) is 0 Å². The van der Waals surface area contributed by atoms with Crippen LogP contribution in [0.2, 0.25) is 5.02 Å². The van der Waals surface area contributed by atoms with Gasteiger partial charge >= 0.3 is 5.97 Å². The summed E-state index contributed by atoms with van der Waals surface area (Å²) < 4.78 is 6.93. The zero-order valence-corrected chi connectivity index (χ0v) is 15.0. The molecule has 2 aromatic rings. The molecule has 1 aromatic carbocycles. The fourth-order valence-corrected chi connectivity index (χ4v) is 2.94. The molecule has 0 bridgehead atoms. The second-order valence-corrected chi connectivity index (χ2v) is 5.80. The Balaban J connectivity index is 2.40. The van der Waals surface area contributed by atoms with E-state index in [2.05, 4.69) is 5.32 Å². The minimum Gasteiger partial charge on any atom is -0.461 e. The monoisotopic (exact) mass is 348 g/mol. The van der Waals surface area contributed by atoms with E-state index in [1.807, 2.05) is 18.4 Å². The maximum absolute atomic E-state index is 12.7. The van der Waals surface area contributed by atoms with Crippen molar-refractivity contribution in [3.63, 3.8) is 0 Å². The molecule has 1 heterocycles. The highest BCUT2D eigenvalue weighted by Crippen LogP contribution is 2.24. The number of nitrogens with one attached hydrogen (secondary N) is 1. The molecule has 0 saturated carbocycles. The van der Waals surface area contributed by atoms with Gasteiger partial charge in [-0.25, -0.2) is 4.79 Å². The SMILES string of the molecule is CCOC(=O)c1c(C)c(C(=O)Nc2ccc(Cl)cc2)c(C)n1CC. The predicted octanol–water partition coefficient (Wildman–Crippen LogP) is 4.21. The molecule has 1 N–H and O–H groups in total. The number of hydrogen-bond acceptors (Lipinski definition) is 3. The molecule has 2 rings (SSSR count). The van der Waals surface area contributed by atoms with Gasteiger partial charge in [0.15, 0.2) is 0 Å². The summed E-state index contributed by atoms with van der Waals surface area (Å²) in [5.74, 6) is -0.671. The molecule has 24 heavy (non-hydrogen) atoms. The van der Waals surface area contributed by atoms with Crippen LogP contribution in [0.4, 0.5) is 5.69 Å². The summed E-state index contributed by atoms with van der Waals surface area (Å²) in [6, 6.07) is 6.87. The summed E-state index contributed by atoms with van der Waals surface area (Å²) >= 11 is 5.86.